The minimum absolute atomic E-state index is 0.00242. The van der Waals surface area contributed by atoms with Gasteiger partial charge in [0.05, 0.1) is 5.92 Å². The number of amides is 2. The Morgan fingerprint density at radius 1 is 0.970 bits per heavy atom. The lowest BCUT2D eigenvalue weighted by Crippen LogP contribution is -2.28. The number of benzene rings is 3. The number of hydrogen-bond acceptors (Lipinski definition) is 3. The summed E-state index contributed by atoms with van der Waals surface area (Å²) in [5.41, 5.74) is 6.06. The quantitative estimate of drug-likeness (QED) is 0.465. The molecule has 2 amide bonds. The molecule has 1 aliphatic rings. The van der Waals surface area contributed by atoms with Crippen molar-refractivity contribution < 1.29 is 9.59 Å². The van der Waals surface area contributed by atoms with Gasteiger partial charge in [0, 0.05) is 35.7 Å². The standard InChI is InChI=1S/C28H31N3O2/c1-4-20-9-5-7-11-25(20)29-22-13-15-23(16-14-22)30-28(33)21-17-27(32)31(18-21)26-12-8-6-10-24(26)19(2)3/h5-16,19,21,29H,4,17-18H2,1-3H3,(H,30,33). The van der Waals surface area contributed by atoms with E-state index in [9.17, 15) is 9.59 Å². The molecule has 0 radical (unpaired) electrons. The van der Waals surface area contributed by atoms with Crippen LogP contribution in [0, 0.1) is 5.92 Å². The summed E-state index contributed by atoms with van der Waals surface area (Å²) in [6.45, 7) is 6.77. The molecule has 5 nitrogen and oxygen atoms in total. The molecule has 0 saturated carbocycles. The molecular weight excluding hydrogens is 410 g/mol. The Kier molecular flexibility index (Phi) is 6.78. The van der Waals surface area contributed by atoms with Gasteiger partial charge in [0.25, 0.3) is 0 Å². The Morgan fingerprint density at radius 3 is 2.36 bits per heavy atom. The van der Waals surface area contributed by atoms with Crippen LogP contribution in [-0.2, 0) is 16.0 Å². The van der Waals surface area contributed by atoms with Crippen LogP contribution in [0.2, 0.25) is 0 Å². The molecule has 1 aliphatic heterocycles. The van der Waals surface area contributed by atoms with E-state index in [0.29, 0.717) is 12.5 Å². The van der Waals surface area contributed by atoms with Gasteiger partial charge < -0.3 is 15.5 Å². The van der Waals surface area contributed by atoms with Crippen molar-refractivity contribution in [2.45, 2.75) is 39.5 Å². The highest BCUT2D eigenvalue weighted by Crippen LogP contribution is 2.32. The Balaban J connectivity index is 1.40. The highest BCUT2D eigenvalue weighted by atomic mass is 16.2. The van der Waals surface area contributed by atoms with Crippen molar-refractivity contribution in [2.24, 2.45) is 5.92 Å². The first kappa shape index (κ1) is 22.6. The third kappa shape index (κ3) is 5.08. The predicted molar refractivity (Wildman–Crippen MR) is 135 cm³/mol. The van der Waals surface area contributed by atoms with Crippen LogP contribution in [0.5, 0.6) is 0 Å². The van der Waals surface area contributed by atoms with E-state index in [4.69, 9.17) is 0 Å². The summed E-state index contributed by atoms with van der Waals surface area (Å²) in [5, 5.41) is 6.42. The largest absolute Gasteiger partial charge is 0.355 e. The fourth-order valence-electron chi connectivity index (χ4n) is 4.32. The summed E-state index contributed by atoms with van der Waals surface area (Å²) in [4.78, 5) is 27.4. The monoisotopic (exact) mass is 441 g/mol. The van der Waals surface area contributed by atoms with Crippen LogP contribution in [0.25, 0.3) is 0 Å². The minimum atomic E-state index is -0.369. The molecule has 0 spiro atoms. The molecule has 0 aliphatic carbocycles. The van der Waals surface area contributed by atoms with Crippen molar-refractivity contribution in [1.82, 2.24) is 0 Å². The summed E-state index contributed by atoms with van der Waals surface area (Å²) in [6, 6.07) is 23.9. The van der Waals surface area contributed by atoms with Gasteiger partial charge in [0.15, 0.2) is 0 Å². The van der Waals surface area contributed by atoms with Crippen molar-refractivity contribution in [3.8, 4) is 0 Å². The smallest absolute Gasteiger partial charge is 0.229 e. The zero-order valence-electron chi connectivity index (χ0n) is 19.5. The first-order valence-corrected chi connectivity index (χ1v) is 11.6. The lowest BCUT2D eigenvalue weighted by atomic mass is 10.0. The molecule has 1 heterocycles. The maximum absolute atomic E-state index is 12.9. The normalized spacial score (nSPS) is 15.7. The van der Waals surface area contributed by atoms with Gasteiger partial charge in [-0.25, -0.2) is 0 Å². The van der Waals surface area contributed by atoms with Gasteiger partial charge >= 0.3 is 0 Å². The molecule has 5 heteroatoms. The Morgan fingerprint density at radius 2 is 1.64 bits per heavy atom. The van der Waals surface area contributed by atoms with Crippen LogP contribution in [0.1, 0.15) is 44.2 Å². The second kappa shape index (κ2) is 9.90. The maximum atomic E-state index is 12.9. The maximum Gasteiger partial charge on any atom is 0.229 e. The summed E-state index contributed by atoms with van der Waals surface area (Å²) < 4.78 is 0. The van der Waals surface area contributed by atoms with Gasteiger partial charge in [-0.1, -0.05) is 57.2 Å². The number of aryl methyl sites for hydroxylation is 1. The van der Waals surface area contributed by atoms with E-state index < -0.39 is 0 Å². The number of para-hydroxylation sites is 2. The van der Waals surface area contributed by atoms with Crippen molar-refractivity contribution in [2.75, 3.05) is 22.1 Å². The van der Waals surface area contributed by atoms with Crippen LogP contribution in [0.4, 0.5) is 22.7 Å². The minimum Gasteiger partial charge on any atom is -0.355 e. The first-order valence-electron chi connectivity index (χ1n) is 11.6. The molecule has 3 aromatic carbocycles. The number of carbonyl (C=O) groups is 2. The third-order valence-electron chi connectivity index (χ3n) is 6.18. The van der Waals surface area contributed by atoms with Crippen LogP contribution in [-0.4, -0.2) is 18.4 Å². The van der Waals surface area contributed by atoms with Gasteiger partial charge in [-0.15, -0.1) is 0 Å². The summed E-state index contributed by atoms with van der Waals surface area (Å²) in [6.07, 6.45) is 1.18. The summed E-state index contributed by atoms with van der Waals surface area (Å²) in [7, 11) is 0. The molecule has 1 saturated heterocycles. The van der Waals surface area contributed by atoms with E-state index in [-0.39, 0.29) is 24.2 Å². The number of nitrogens with one attached hydrogen (secondary N) is 2. The molecule has 1 fully saturated rings. The molecule has 33 heavy (non-hydrogen) atoms. The molecule has 2 N–H and O–H groups in total. The number of anilines is 4. The zero-order valence-corrected chi connectivity index (χ0v) is 19.5. The van der Waals surface area contributed by atoms with E-state index in [2.05, 4.69) is 49.6 Å². The average molecular weight is 442 g/mol. The van der Waals surface area contributed by atoms with Crippen molar-refractivity contribution in [3.63, 3.8) is 0 Å². The van der Waals surface area contributed by atoms with Gasteiger partial charge in [0.1, 0.15) is 0 Å². The van der Waals surface area contributed by atoms with Gasteiger partial charge in [-0.3, -0.25) is 9.59 Å². The third-order valence-corrected chi connectivity index (χ3v) is 6.18. The summed E-state index contributed by atoms with van der Waals surface area (Å²) in [5.74, 6) is -0.187. The van der Waals surface area contributed by atoms with Crippen molar-refractivity contribution in [1.29, 1.82) is 0 Å². The molecule has 0 bridgehead atoms. The Bertz CT molecular complexity index is 1140. The zero-order chi connectivity index (χ0) is 23.4. The summed E-state index contributed by atoms with van der Waals surface area (Å²) >= 11 is 0. The van der Waals surface area contributed by atoms with Crippen LogP contribution >= 0.6 is 0 Å². The van der Waals surface area contributed by atoms with Crippen molar-refractivity contribution in [3.05, 3.63) is 83.9 Å². The molecule has 4 rings (SSSR count). The highest BCUT2D eigenvalue weighted by Gasteiger charge is 2.36. The first-order chi connectivity index (χ1) is 16.0. The molecule has 0 aromatic heterocycles. The molecule has 3 aromatic rings. The number of carbonyl (C=O) groups excluding carboxylic acids is 2. The van der Waals surface area contributed by atoms with E-state index in [1.807, 2.05) is 54.6 Å². The Labute approximate surface area is 195 Å². The fraction of sp³-hybridized carbons (Fsp3) is 0.286. The van der Waals surface area contributed by atoms with E-state index in [1.165, 1.54) is 5.56 Å². The van der Waals surface area contributed by atoms with E-state index in [0.717, 1.165) is 34.7 Å². The van der Waals surface area contributed by atoms with Crippen molar-refractivity contribution >= 4 is 34.6 Å². The second-order valence-corrected chi connectivity index (χ2v) is 8.82. The Hall–Kier alpha value is -3.60. The number of nitrogens with zero attached hydrogens (tertiary/aromatic N) is 1. The van der Waals surface area contributed by atoms with Crippen LogP contribution in [0.15, 0.2) is 72.8 Å². The van der Waals surface area contributed by atoms with E-state index >= 15 is 0 Å². The fourth-order valence-corrected chi connectivity index (χ4v) is 4.32. The number of hydrogen-bond donors (Lipinski definition) is 2. The molecule has 1 unspecified atom stereocenters. The van der Waals surface area contributed by atoms with Gasteiger partial charge in [0.2, 0.25) is 11.8 Å². The van der Waals surface area contributed by atoms with E-state index in [1.54, 1.807) is 4.90 Å². The molecule has 1 atom stereocenters. The SMILES string of the molecule is CCc1ccccc1Nc1ccc(NC(=O)C2CC(=O)N(c3ccccc3C(C)C)C2)cc1. The van der Waals surface area contributed by atoms with Crippen LogP contribution in [0.3, 0.4) is 0 Å². The lowest BCUT2D eigenvalue weighted by molar-refractivity contribution is -0.122. The second-order valence-electron chi connectivity index (χ2n) is 8.82. The highest BCUT2D eigenvalue weighted by molar-refractivity contribution is 6.04. The van der Waals surface area contributed by atoms with Crippen LogP contribution < -0.4 is 15.5 Å². The predicted octanol–water partition coefficient (Wildman–Crippen LogP) is 6.11. The number of rotatable bonds is 7. The molecule has 170 valence electrons. The topological polar surface area (TPSA) is 61.4 Å². The lowest BCUT2D eigenvalue weighted by Gasteiger charge is -2.22. The molecular formula is C28H31N3O2. The average Bonchev–Trinajstić information content (AvgIpc) is 3.22. The van der Waals surface area contributed by atoms with Gasteiger partial charge in [-0.05, 0) is 59.9 Å². The van der Waals surface area contributed by atoms with Gasteiger partial charge in [-0.2, -0.15) is 0 Å².